The summed E-state index contributed by atoms with van der Waals surface area (Å²) in [4.78, 5) is 12.5. The maximum absolute atomic E-state index is 12.4. The second-order valence-corrected chi connectivity index (χ2v) is 6.63. The second kappa shape index (κ2) is 8.71. The van der Waals surface area contributed by atoms with Crippen molar-refractivity contribution in [3.63, 3.8) is 0 Å². The molecule has 0 radical (unpaired) electrons. The third-order valence-electron chi connectivity index (χ3n) is 3.92. The molecule has 0 unspecified atom stereocenters. The van der Waals surface area contributed by atoms with Gasteiger partial charge in [-0.25, -0.2) is 4.68 Å². The van der Waals surface area contributed by atoms with Crippen LogP contribution < -0.4 is 14.8 Å². The van der Waals surface area contributed by atoms with E-state index in [4.69, 9.17) is 26.1 Å². The zero-order chi connectivity index (χ0) is 20.1. The van der Waals surface area contributed by atoms with E-state index in [0.29, 0.717) is 23.1 Å². The number of carbonyl (C=O) groups is 1. The first-order valence-electron chi connectivity index (χ1n) is 8.65. The highest BCUT2D eigenvalue weighted by Crippen LogP contribution is 2.25. The lowest BCUT2D eigenvalue weighted by molar-refractivity contribution is -0.117. The van der Waals surface area contributed by atoms with Crippen LogP contribution in [0.15, 0.2) is 46.9 Å². The van der Waals surface area contributed by atoms with Gasteiger partial charge in [-0.05, 0) is 61.5 Å². The summed E-state index contributed by atoms with van der Waals surface area (Å²) in [6.45, 7) is 3.95. The van der Waals surface area contributed by atoms with Gasteiger partial charge in [-0.15, -0.1) is 5.10 Å². The number of nitrogens with one attached hydrogen (secondary N) is 1. The number of aryl methyl sites for hydroxylation is 2. The van der Waals surface area contributed by atoms with Gasteiger partial charge >= 0.3 is 0 Å². The Hall–Kier alpha value is -3.13. The van der Waals surface area contributed by atoms with Crippen molar-refractivity contribution >= 4 is 23.8 Å². The summed E-state index contributed by atoms with van der Waals surface area (Å²) in [6, 6.07) is 13.2. The number of hydrogen-bond donors (Lipinski definition) is 1. The monoisotopic (exact) mass is 399 g/mol. The molecule has 2 aromatic carbocycles. The van der Waals surface area contributed by atoms with Gasteiger partial charge in [0.2, 0.25) is 5.91 Å². The number of rotatable bonds is 7. The van der Waals surface area contributed by atoms with Gasteiger partial charge < -0.3 is 19.2 Å². The molecule has 1 aromatic heterocycles. The van der Waals surface area contributed by atoms with Crippen molar-refractivity contribution in [2.45, 2.75) is 27.0 Å². The van der Waals surface area contributed by atoms with Crippen molar-refractivity contribution in [3.05, 3.63) is 64.3 Å². The summed E-state index contributed by atoms with van der Waals surface area (Å²) in [5.74, 6) is 1.29. The van der Waals surface area contributed by atoms with Crippen LogP contribution in [0.5, 0.6) is 11.5 Å². The molecule has 0 bridgehead atoms. The minimum atomic E-state index is -0.292. The van der Waals surface area contributed by atoms with E-state index in [1.807, 2.05) is 50.2 Å². The van der Waals surface area contributed by atoms with Gasteiger partial charge in [0.1, 0.15) is 18.0 Å². The first-order valence-corrected chi connectivity index (χ1v) is 9.06. The molecule has 0 spiro atoms. The van der Waals surface area contributed by atoms with Gasteiger partial charge in [0.15, 0.2) is 6.61 Å². The maximum atomic E-state index is 12.4. The van der Waals surface area contributed by atoms with E-state index in [-0.39, 0.29) is 23.9 Å². The summed E-state index contributed by atoms with van der Waals surface area (Å²) < 4.78 is 17.7. The van der Waals surface area contributed by atoms with Crippen molar-refractivity contribution in [2.75, 3.05) is 12.4 Å². The third kappa shape index (κ3) is 4.98. The van der Waals surface area contributed by atoms with Crippen LogP contribution in [0.3, 0.4) is 0 Å². The molecule has 8 heteroatoms. The molecule has 0 aliphatic heterocycles. The average Bonchev–Trinajstić information content (AvgIpc) is 2.99. The molecule has 3 aromatic rings. The molecule has 1 N–H and O–H groups in total. The fourth-order valence-corrected chi connectivity index (χ4v) is 2.80. The highest BCUT2D eigenvalue weighted by atomic mass is 32.1. The maximum Gasteiger partial charge on any atom is 0.287 e. The second-order valence-electron chi connectivity index (χ2n) is 6.28. The summed E-state index contributed by atoms with van der Waals surface area (Å²) in [5.41, 5.74) is 2.68. The fourth-order valence-electron chi connectivity index (χ4n) is 2.60. The van der Waals surface area contributed by atoms with Crippen LogP contribution in [0.4, 0.5) is 5.69 Å². The van der Waals surface area contributed by atoms with Crippen LogP contribution in [-0.2, 0) is 17.9 Å². The van der Waals surface area contributed by atoms with E-state index in [1.165, 1.54) is 4.68 Å². The lowest BCUT2D eigenvalue weighted by Gasteiger charge is -2.10. The van der Waals surface area contributed by atoms with E-state index in [2.05, 4.69) is 10.4 Å². The highest BCUT2D eigenvalue weighted by Gasteiger charge is 2.13. The summed E-state index contributed by atoms with van der Waals surface area (Å²) in [5, 5.41) is 7.03. The zero-order valence-corrected chi connectivity index (χ0v) is 16.7. The molecular formula is C20H21N3O4S. The molecule has 0 saturated carbocycles. The van der Waals surface area contributed by atoms with Crippen molar-refractivity contribution in [1.82, 2.24) is 9.78 Å². The Morgan fingerprint density at radius 2 is 2.00 bits per heavy atom. The minimum absolute atomic E-state index is 0.0795. The number of ether oxygens (including phenoxy) is 2. The summed E-state index contributed by atoms with van der Waals surface area (Å²) in [7, 11) is 1.55. The normalized spacial score (nSPS) is 10.5. The number of benzene rings is 2. The molecular weight excluding hydrogens is 378 g/mol. The van der Waals surface area contributed by atoms with Gasteiger partial charge in [0.25, 0.3) is 10.7 Å². The average molecular weight is 399 g/mol. The van der Waals surface area contributed by atoms with Crippen LogP contribution >= 0.6 is 12.2 Å². The zero-order valence-electron chi connectivity index (χ0n) is 15.9. The third-order valence-corrected chi connectivity index (χ3v) is 4.22. The van der Waals surface area contributed by atoms with Gasteiger partial charge in [-0.2, -0.15) is 0 Å². The van der Waals surface area contributed by atoms with Gasteiger partial charge in [0.05, 0.1) is 12.8 Å². The summed E-state index contributed by atoms with van der Waals surface area (Å²) >= 11 is 5.15. The van der Waals surface area contributed by atoms with Crippen LogP contribution in [0.25, 0.3) is 0 Å². The topological polar surface area (TPSA) is 78.5 Å². The largest absolute Gasteiger partial charge is 0.495 e. The fraction of sp³-hybridized carbons (Fsp3) is 0.250. The molecule has 0 fully saturated rings. The summed E-state index contributed by atoms with van der Waals surface area (Å²) in [6.07, 6.45) is 0. The van der Waals surface area contributed by atoms with Crippen LogP contribution in [0.2, 0.25) is 0 Å². The quantitative estimate of drug-likeness (QED) is 0.604. The Morgan fingerprint density at radius 1 is 1.21 bits per heavy atom. The van der Waals surface area contributed by atoms with E-state index in [1.54, 1.807) is 13.2 Å². The Bertz CT molecular complexity index is 1040. The number of methoxy groups -OCH3 is 1. The number of hydrogen-bond acceptors (Lipinski definition) is 6. The van der Waals surface area contributed by atoms with Gasteiger partial charge in [0, 0.05) is 0 Å². The number of nitrogens with zero attached hydrogens (tertiary/aromatic N) is 2. The van der Waals surface area contributed by atoms with E-state index in [0.717, 1.165) is 11.1 Å². The molecule has 0 aliphatic carbocycles. The Labute approximate surface area is 167 Å². The van der Waals surface area contributed by atoms with Crippen LogP contribution in [-0.4, -0.2) is 22.8 Å². The number of anilines is 1. The predicted octanol–water partition coefficient (Wildman–Crippen LogP) is 4.05. The standard InChI is InChI=1S/C20H21N3O4S/c1-13-5-4-6-15(9-13)26-12-19-22-23(20(28)27-19)11-18(24)21-16-10-14(2)7-8-17(16)25-3/h4-10H,11-12H2,1-3H3,(H,21,24). The molecule has 3 rings (SSSR count). The minimum Gasteiger partial charge on any atom is -0.495 e. The van der Waals surface area contributed by atoms with Crippen molar-refractivity contribution < 1.29 is 18.7 Å². The molecule has 146 valence electrons. The molecule has 1 heterocycles. The Balaban J connectivity index is 1.64. The first-order chi connectivity index (χ1) is 13.4. The molecule has 7 nitrogen and oxygen atoms in total. The van der Waals surface area contributed by atoms with E-state index in [9.17, 15) is 4.79 Å². The van der Waals surface area contributed by atoms with Gasteiger partial charge in [-0.3, -0.25) is 4.79 Å². The van der Waals surface area contributed by atoms with E-state index < -0.39 is 0 Å². The molecule has 28 heavy (non-hydrogen) atoms. The lowest BCUT2D eigenvalue weighted by atomic mass is 10.2. The number of aromatic nitrogens is 2. The predicted molar refractivity (Wildman–Crippen MR) is 107 cm³/mol. The van der Waals surface area contributed by atoms with Gasteiger partial charge in [-0.1, -0.05) is 18.2 Å². The van der Waals surface area contributed by atoms with E-state index >= 15 is 0 Å². The molecule has 0 atom stereocenters. The van der Waals surface area contributed by atoms with Crippen molar-refractivity contribution in [3.8, 4) is 11.5 Å². The van der Waals surface area contributed by atoms with Crippen LogP contribution in [0, 0.1) is 18.7 Å². The first kappa shape index (κ1) is 19.6. The molecule has 0 aliphatic rings. The van der Waals surface area contributed by atoms with Crippen molar-refractivity contribution in [2.24, 2.45) is 0 Å². The Morgan fingerprint density at radius 3 is 2.75 bits per heavy atom. The highest BCUT2D eigenvalue weighted by molar-refractivity contribution is 7.71. The molecule has 1 amide bonds. The number of amides is 1. The lowest BCUT2D eigenvalue weighted by Crippen LogP contribution is -2.20. The number of carbonyl (C=O) groups excluding carboxylic acids is 1. The smallest absolute Gasteiger partial charge is 0.287 e. The molecule has 0 saturated heterocycles. The van der Waals surface area contributed by atoms with Crippen LogP contribution in [0.1, 0.15) is 17.0 Å². The Kier molecular flexibility index (Phi) is 6.10. The SMILES string of the molecule is COc1ccc(C)cc1NC(=O)Cn1nc(COc2cccc(C)c2)oc1=S. The van der Waals surface area contributed by atoms with Crippen molar-refractivity contribution in [1.29, 1.82) is 0 Å².